The Balaban J connectivity index is 2.31. The molecule has 114 valence electrons. The summed E-state index contributed by atoms with van der Waals surface area (Å²) in [6.45, 7) is 5.79. The number of rotatable bonds is 7. The highest BCUT2D eigenvalue weighted by Gasteiger charge is 2.16. The van der Waals surface area contributed by atoms with Crippen LogP contribution in [-0.4, -0.2) is 28.0 Å². The van der Waals surface area contributed by atoms with Crippen LogP contribution in [0.4, 0.5) is 0 Å². The van der Waals surface area contributed by atoms with Crippen molar-refractivity contribution in [3.63, 3.8) is 0 Å². The van der Waals surface area contributed by atoms with Crippen LogP contribution in [0.1, 0.15) is 23.7 Å². The zero-order chi connectivity index (χ0) is 15.2. The van der Waals surface area contributed by atoms with Crippen LogP contribution in [0.2, 0.25) is 0 Å². The summed E-state index contributed by atoms with van der Waals surface area (Å²) in [6.07, 6.45) is 0.579. The molecule has 5 nitrogen and oxygen atoms in total. The van der Waals surface area contributed by atoms with E-state index in [4.69, 9.17) is 9.84 Å². The Morgan fingerprint density at radius 2 is 2.10 bits per heavy atom. The number of aliphatic hydroxyl groups is 1. The largest absolute Gasteiger partial charge is 0.439 e. The van der Waals surface area contributed by atoms with Crippen LogP contribution in [0, 0.1) is 6.92 Å². The van der Waals surface area contributed by atoms with Gasteiger partial charge in [-0.15, -0.1) is 0 Å². The highest BCUT2D eigenvalue weighted by atomic mass is 16.5. The molecule has 0 bridgehead atoms. The summed E-state index contributed by atoms with van der Waals surface area (Å²) in [5.41, 5.74) is 3.03. The molecule has 0 saturated heterocycles. The summed E-state index contributed by atoms with van der Waals surface area (Å²) in [5, 5.41) is 16.9. The van der Waals surface area contributed by atoms with Crippen LogP contribution in [0.15, 0.2) is 24.3 Å². The number of aryl methyl sites for hydroxylation is 2. The maximum Gasteiger partial charge on any atom is 0.222 e. The number of nitrogens with zero attached hydrogens (tertiary/aromatic N) is 2. The fourth-order valence-corrected chi connectivity index (χ4v) is 2.30. The van der Waals surface area contributed by atoms with Crippen molar-refractivity contribution in [1.29, 1.82) is 0 Å². The minimum Gasteiger partial charge on any atom is -0.439 e. The molecule has 0 radical (unpaired) electrons. The van der Waals surface area contributed by atoms with E-state index in [2.05, 4.69) is 17.3 Å². The lowest BCUT2D eigenvalue weighted by Gasteiger charge is -2.12. The van der Waals surface area contributed by atoms with Crippen molar-refractivity contribution < 1.29 is 9.84 Å². The second kappa shape index (κ2) is 7.24. The molecule has 0 atom stereocenters. The molecule has 0 aliphatic rings. The van der Waals surface area contributed by atoms with Crippen LogP contribution in [-0.2, 0) is 20.0 Å². The average Bonchev–Trinajstić information content (AvgIpc) is 2.73. The van der Waals surface area contributed by atoms with E-state index in [1.54, 1.807) is 4.68 Å². The molecule has 0 unspecified atom stereocenters. The van der Waals surface area contributed by atoms with Gasteiger partial charge in [-0.3, -0.25) is 0 Å². The molecule has 0 spiro atoms. The lowest BCUT2D eigenvalue weighted by molar-refractivity contribution is 0.297. The summed E-state index contributed by atoms with van der Waals surface area (Å²) in [6, 6.07) is 7.78. The third kappa shape index (κ3) is 3.62. The Hall–Kier alpha value is -1.85. The average molecular weight is 289 g/mol. The molecule has 2 N–H and O–H groups in total. The van der Waals surface area contributed by atoms with Crippen molar-refractivity contribution in [2.45, 2.75) is 26.8 Å². The van der Waals surface area contributed by atoms with Gasteiger partial charge in [-0.1, -0.05) is 25.1 Å². The summed E-state index contributed by atoms with van der Waals surface area (Å²) < 4.78 is 7.85. The summed E-state index contributed by atoms with van der Waals surface area (Å²) in [4.78, 5) is 0. The molecule has 0 aliphatic heterocycles. The topological polar surface area (TPSA) is 59.3 Å². The highest BCUT2D eigenvalue weighted by molar-refractivity contribution is 5.40. The highest BCUT2D eigenvalue weighted by Crippen LogP contribution is 2.29. The molecule has 0 fully saturated rings. The summed E-state index contributed by atoms with van der Waals surface area (Å²) >= 11 is 0. The Labute approximate surface area is 125 Å². The molecule has 0 saturated carbocycles. The van der Waals surface area contributed by atoms with Gasteiger partial charge in [0.15, 0.2) is 0 Å². The third-order valence-electron chi connectivity index (χ3n) is 3.40. The minimum absolute atomic E-state index is 0.106. The van der Waals surface area contributed by atoms with E-state index in [0.29, 0.717) is 6.42 Å². The second-order valence-electron chi connectivity index (χ2n) is 4.96. The van der Waals surface area contributed by atoms with Crippen LogP contribution in [0.5, 0.6) is 11.6 Å². The minimum atomic E-state index is 0.106. The summed E-state index contributed by atoms with van der Waals surface area (Å²) in [7, 11) is 1.88. The molecular formula is C16H23N3O2. The van der Waals surface area contributed by atoms with E-state index in [1.807, 2.05) is 38.2 Å². The summed E-state index contributed by atoms with van der Waals surface area (Å²) in [5.74, 6) is 1.52. The fourth-order valence-electron chi connectivity index (χ4n) is 2.30. The maximum atomic E-state index is 9.16. The molecule has 1 aromatic carbocycles. The molecule has 0 amide bonds. The fraction of sp³-hybridized carbons (Fsp3) is 0.438. The lowest BCUT2D eigenvalue weighted by atomic mass is 10.1. The maximum absolute atomic E-state index is 9.16. The third-order valence-corrected chi connectivity index (χ3v) is 3.40. The Bertz CT molecular complexity index is 593. The zero-order valence-corrected chi connectivity index (χ0v) is 12.9. The van der Waals surface area contributed by atoms with Gasteiger partial charge in [-0.25, -0.2) is 4.68 Å². The van der Waals surface area contributed by atoms with E-state index in [-0.39, 0.29) is 6.61 Å². The van der Waals surface area contributed by atoms with Gasteiger partial charge < -0.3 is 15.2 Å². The van der Waals surface area contributed by atoms with Gasteiger partial charge in [0.25, 0.3) is 0 Å². The zero-order valence-electron chi connectivity index (χ0n) is 12.9. The number of ether oxygens (including phenoxy) is 1. The van der Waals surface area contributed by atoms with Crippen LogP contribution in [0.3, 0.4) is 0 Å². The number of hydrogen-bond donors (Lipinski definition) is 2. The second-order valence-corrected chi connectivity index (χ2v) is 4.96. The first-order valence-electron chi connectivity index (χ1n) is 7.27. The van der Waals surface area contributed by atoms with Crippen molar-refractivity contribution in [2.24, 2.45) is 7.05 Å². The van der Waals surface area contributed by atoms with Gasteiger partial charge in [0.2, 0.25) is 5.88 Å². The number of aliphatic hydroxyl groups excluding tert-OH is 1. The standard InChI is InChI=1S/C16H23N3O2/c1-4-17-11-14-12(2)18-19(3)16(14)21-15-8-6-5-7-13(15)9-10-20/h5-8,17,20H,4,9-11H2,1-3H3. The quantitative estimate of drug-likeness (QED) is 0.820. The predicted molar refractivity (Wildman–Crippen MR) is 82.6 cm³/mol. The lowest BCUT2D eigenvalue weighted by Crippen LogP contribution is -2.13. The smallest absolute Gasteiger partial charge is 0.222 e. The van der Waals surface area contributed by atoms with Gasteiger partial charge in [-0.2, -0.15) is 5.10 Å². The SMILES string of the molecule is CCNCc1c(C)nn(C)c1Oc1ccccc1CCO. The first kappa shape index (κ1) is 15.5. The predicted octanol–water partition coefficient (Wildman–Crippen LogP) is 2.17. The van der Waals surface area contributed by atoms with E-state index < -0.39 is 0 Å². The molecule has 2 rings (SSSR count). The van der Waals surface area contributed by atoms with Crippen molar-refractivity contribution in [3.05, 3.63) is 41.1 Å². The molecule has 0 aliphatic carbocycles. The van der Waals surface area contributed by atoms with Crippen molar-refractivity contribution in [3.8, 4) is 11.6 Å². The molecule has 5 heteroatoms. The number of hydrogen-bond acceptors (Lipinski definition) is 4. The van der Waals surface area contributed by atoms with Gasteiger partial charge in [0.05, 0.1) is 11.3 Å². The number of aromatic nitrogens is 2. The monoisotopic (exact) mass is 289 g/mol. The van der Waals surface area contributed by atoms with Gasteiger partial charge >= 0.3 is 0 Å². The van der Waals surface area contributed by atoms with E-state index >= 15 is 0 Å². The number of benzene rings is 1. The Kier molecular flexibility index (Phi) is 5.36. The Morgan fingerprint density at radius 1 is 1.33 bits per heavy atom. The van der Waals surface area contributed by atoms with E-state index in [9.17, 15) is 0 Å². The van der Waals surface area contributed by atoms with Gasteiger partial charge in [0.1, 0.15) is 5.75 Å². The van der Waals surface area contributed by atoms with Crippen molar-refractivity contribution in [1.82, 2.24) is 15.1 Å². The van der Waals surface area contributed by atoms with Crippen LogP contribution in [0.25, 0.3) is 0 Å². The molecule has 1 heterocycles. The molecule has 1 aromatic heterocycles. The van der Waals surface area contributed by atoms with Crippen molar-refractivity contribution in [2.75, 3.05) is 13.2 Å². The van der Waals surface area contributed by atoms with Gasteiger partial charge in [-0.05, 0) is 31.5 Å². The molecule has 21 heavy (non-hydrogen) atoms. The van der Waals surface area contributed by atoms with Crippen LogP contribution >= 0.6 is 0 Å². The first-order chi connectivity index (χ1) is 10.2. The number of para-hydroxylation sites is 1. The van der Waals surface area contributed by atoms with Crippen LogP contribution < -0.4 is 10.1 Å². The van der Waals surface area contributed by atoms with E-state index in [0.717, 1.165) is 41.5 Å². The number of nitrogens with one attached hydrogen (secondary N) is 1. The molecular weight excluding hydrogens is 266 g/mol. The Morgan fingerprint density at radius 3 is 2.81 bits per heavy atom. The molecule has 2 aromatic rings. The normalized spacial score (nSPS) is 10.9. The van der Waals surface area contributed by atoms with Crippen molar-refractivity contribution >= 4 is 0 Å². The van der Waals surface area contributed by atoms with Gasteiger partial charge in [0, 0.05) is 20.2 Å². The van der Waals surface area contributed by atoms with E-state index in [1.165, 1.54) is 0 Å². The first-order valence-corrected chi connectivity index (χ1v) is 7.27.